The minimum absolute atomic E-state index is 0. The summed E-state index contributed by atoms with van der Waals surface area (Å²) in [6.07, 6.45) is 6.45. The van der Waals surface area contributed by atoms with E-state index in [1.54, 1.807) is 18.0 Å². The van der Waals surface area contributed by atoms with Crippen LogP contribution in [-0.2, 0) is 51.8 Å². The topological polar surface area (TPSA) is 172 Å². The third-order valence-corrected chi connectivity index (χ3v) is 5.73. The molecule has 0 aliphatic carbocycles. The van der Waals surface area contributed by atoms with Crippen LogP contribution in [0, 0.1) is 20.0 Å². The van der Waals surface area contributed by atoms with Crippen LogP contribution in [0.2, 0.25) is 0 Å². The third-order valence-electron chi connectivity index (χ3n) is 5.73. The molecule has 1 aromatic heterocycles. The Kier molecular flexibility index (Phi) is 23.0. The number of rotatable bonds is 12. The number of carboxylic acid groups (broad SMARTS) is 1. The van der Waals surface area contributed by atoms with Crippen molar-refractivity contribution in [3.8, 4) is 5.75 Å². The molecule has 1 atom stereocenters. The number of unbranched alkanes of at least 4 members (excludes halogenated alkanes) is 3. The number of carbonyl (C=O) groups excluding carboxylic acids is 1. The number of carbonyl (C=O) groups is 1. The van der Waals surface area contributed by atoms with Crippen molar-refractivity contribution < 1.29 is 48.7 Å². The van der Waals surface area contributed by atoms with Gasteiger partial charge < -0.3 is 25.3 Å². The van der Waals surface area contributed by atoms with Crippen molar-refractivity contribution >= 4 is 11.7 Å². The molecule has 13 heteroatoms. The molecule has 207 valence electrons. The molecule has 0 amide bonds. The molecule has 1 aliphatic heterocycles. The first-order chi connectivity index (χ1) is 18.1. The summed E-state index contributed by atoms with van der Waals surface area (Å²) in [5.41, 5.74) is 7.24. The molecular weight excluding hydrogens is 579 g/mol. The Morgan fingerprint density at radius 3 is 2.18 bits per heavy atom. The van der Waals surface area contributed by atoms with Gasteiger partial charge in [-0.1, -0.05) is 30.2 Å². The third kappa shape index (κ3) is 13.7. The first-order valence-corrected chi connectivity index (χ1v) is 11.6. The van der Waals surface area contributed by atoms with E-state index < -0.39 is 12.0 Å². The normalized spacial score (nSPS) is 13.0. The van der Waals surface area contributed by atoms with Gasteiger partial charge in [-0.3, -0.25) is 9.58 Å². The summed E-state index contributed by atoms with van der Waals surface area (Å²) in [6, 6.07) is 7.18. The number of nitrogens with two attached hydrogens (primary N) is 1. The molecular formula is C25H33N6O6Tc-. The van der Waals surface area contributed by atoms with Gasteiger partial charge in [-0.05, 0) is 31.5 Å². The number of carboxylic acids is 1. The molecule has 2 aromatic rings. The molecule has 0 unspecified atom stereocenters. The van der Waals surface area contributed by atoms with Gasteiger partial charge in [0.15, 0.2) is 0 Å². The second kappa shape index (κ2) is 23.3. The standard InChI is InChI=1S/C22H34N6O3.3CO.Tc/c1-31-21-9-5-4-8-20(21)27-14-12-26(13-15-27)10-6-2-3-7-11-28-17-18(24-25-28)16-19(23)22(29)30;3*1-2;/h4-5,8-9,17,19H,2-3,6-7,10-16,23H2,1H3,(H,29,30);;;;/p-1/t19-;;;;/m0..../s1/i;;;;1+1. The van der Waals surface area contributed by atoms with E-state index in [0.29, 0.717) is 5.69 Å². The number of benzene rings is 1. The average Bonchev–Trinajstić information content (AvgIpc) is 3.41. The fraction of sp³-hybridized carbons (Fsp3) is 0.520. The maximum atomic E-state index is 10.7. The molecule has 0 saturated carbocycles. The van der Waals surface area contributed by atoms with Crippen molar-refractivity contribution in [3.05, 3.63) is 56.1 Å². The predicted molar refractivity (Wildman–Crippen MR) is 129 cm³/mol. The first kappa shape index (κ1) is 37.4. The SMILES string of the molecule is COc1ccccc1N1CCN(CCCCCCn2cc(C[C@H](N)C(=O)[O-])nn2)CC1.[99Tc].[C-]#[O+].[C-]#[O+].[C-]#[O+]. The summed E-state index contributed by atoms with van der Waals surface area (Å²) in [6.45, 7) is 19.6. The van der Waals surface area contributed by atoms with Gasteiger partial charge in [-0.15, -0.1) is 5.10 Å². The van der Waals surface area contributed by atoms with Crippen molar-refractivity contribution in [3.63, 3.8) is 0 Å². The molecule has 1 aromatic carbocycles. The van der Waals surface area contributed by atoms with E-state index in [0.717, 1.165) is 57.9 Å². The molecule has 1 aliphatic rings. The van der Waals surface area contributed by atoms with E-state index in [9.17, 15) is 9.90 Å². The van der Waals surface area contributed by atoms with Crippen LogP contribution in [0.15, 0.2) is 30.5 Å². The number of hydrogen-bond acceptors (Lipinski definition) is 8. The molecule has 38 heavy (non-hydrogen) atoms. The van der Waals surface area contributed by atoms with E-state index >= 15 is 0 Å². The van der Waals surface area contributed by atoms with Gasteiger partial charge in [0.05, 0.1) is 24.5 Å². The minimum atomic E-state index is -1.27. The Labute approximate surface area is 237 Å². The fourth-order valence-corrected chi connectivity index (χ4v) is 3.92. The van der Waals surface area contributed by atoms with Crippen LogP contribution in [0.4, 0.5) is 5.69 Å². The van der Waals surface area contributed by atoms with Crippen LogP contribution >= 0.6 is 0 Å². The van der Waals surface area contributed by atoms with Crippen LogP contribution in [0.1, 0.15) is 31.4 Å². The van der Waals surface area contributed by atoms with Crippen LogP contribution < -0.4 is 20.5 Å². The van der Waals surface area contributed by atoms with Gasteiger partial charge in [0.2, 0.25) is 0 Å². The van der Waals surface area contributed by atoms with Gasteiger partial charge >= 0.3 is 33.9 Å². The zero-order valence-corrected chi connectivity index (χ0v) is 23.2. The molecule has 0 spiro atoms. The number of aryl methyl sites for hydroxylation is 1. The molecule has 12 nitrogen and oxygen atoms in total. The van der Waals surface area contributed by atoms with Gasteiger partial charge in [0, 0.05) is 71.5 Å². The molecule has 3 rings (SSSR count). The fourth-order valence-electron chi connectivity index (χ4n) is 3.92. The summed E-state index contributed by atoms with van der Waals surface area (Å²) in [5.74, 6) is -0.326. The second-order valence-corrected chi connectivity index (χ2v) is 8.02. The molecule has 1 fully saturated rings. The molecule has 1 saturated heterocycles. The van der Waals surface area contributed by atoms with E-state index in [2.05, 4.69) is 52.2 Å². The second-order valence-electron chi connectivity index (χ2n) is 8.02. The number of para-hydroxylation sites is 2. The van der Waals surface area contributed by atoms with E-state index in [-0.39, 0.29) is 26.5 Å². The number of ether oxygens (including phenoxy) is 1. The Morgan fingerprint density at radius 2 is 1.61 bits per heavy atom. The Hall–Kier alpha value is -2.78. The van der Waals surface area contributed by atoms with E-state index in [1.165, 1.54) is 18.5 Å². The number of anilines is 1. The Bertz CT molecular complexity index is 945. The molecule has 2 N–H and O–H groups in total. The number of aromatic nitrogens is 3. The van der Waals surface area contributed by atoms with Crippen molar-refractivity contribution in [1.29, 1.82) is 0 Å². The van der Waals surface area contributed by atoms with Crippen LogP contribution in [0.3, 0.4) is 0 Å². The summed E-state index contributed by atoms with van der Waals surface area (Å²) in [7, 11) is 1.73. The molecule has 0 bridgehead atoms. The van der Waals surface area contributed by atoms with Gasteiger partial charge in [0.25, 0.3) is 0 Å². The Balaban J connectivity index is 0. The number of methoxy groups -OCH3 is 1. The summed E-state index contributed by atoms with van der Waals surface area (Å²) >= 11 is 0. The van der Waals surface area contributed by atoms with Crippen LogP contribution in [0.5, 0.6) is 5.75 Å². The molecule has 1 radical (unpaired) electrons. The number of hydrogen-bond donors (Lipinski definition) is 1. The van der Waals surface area contributed by atoms with Crippen molar-refractivity contribution in [2.24, 2.45) is 5.73 Å². The predicted octanol–water partition coefficient (Wildman–Crippen LogP) is 0.174. The monoisotopic (exact) mass is 612 g/mol. The van der Waals surface area contributed by atoms with E-state index in [1.807, 2.05) is 12.1 Å². The van der Waals surface area contributed by atoms with Gasteiger partial charge in [-0.25, -0.2) is 0 Å². The number of aliphatic carboxylic acids is 1. The zero-order valence-electron chi connectivity index (χ0n) is 21.4. The summed E-state index contributed by atoms with van der Waals surface area (Å²) in [4.78, 5) is 15.6. The quantitative estimate of drug-likeness (QED) is 0.201. The summed E-state index contributed by atoms with van der Waals surface area (Å²) < 4.78 is 29.7. The average molecular weight is 612 g/mol. The number of piperazine rings is 1. The van der Waals surface area contributed by atoms with E-state index in [4.69, 9.17) is 24.4 Å². The van der Waals surface area contributed by atoms with Gasteiger partial charge in [0.1, 0.15) is 5.75 Å². The van der Waals surface area contributed by atoms with Gasteiger partial charge in [-0.2, -0.15) is 0 Å². The van der Waals surface area contributed by atoms with Crippen LogP contribution in [-0.4, -0.2) is 71.7 Å². The zero-order chi connectivity index (χ0) is 28.1. The first-order valence-electron chi connectivity index (χ1n) is 11.6. The Morgan fingerprint density at radius 1 is 1.03 bits per heavy atom. The number of nitrogens with zero attached hydrogens (tertiary/aromatic N) is 5. The van der Waals surface area contributed by atoms with Crippen LogP contribution in [0.25, 0.3) is 0 Å². The van der Waals surface area contributed by atoms with Crippen molar-refractivity contribution in [2.45, 2.75) is 44.7 Å². The summed E-state index contributed by atoms with van der Waals surface area (Å²) in [5, 5.41) is 18.7. The van der Waals surface area contributed by atoms with Crippen molar-refractivity contribution in [2.75, 3.05) is 44.7 Å². The maximum absolute atomic E-state index is 10.7. The van der Waals surface area contributed by atoms with Crippen molar-refractivity contribution in [1.82, 2.24) is 19.9 Å². The molecule has 2 heterocycles.